The van der Waals surface area contributed by atoms with Gasteiger partial charge in [-0.05, 0) is 82.2 Å². The fourth-order valence-corrected chi connectivity index (χ4v) is 9.17. The zero-order valence-electron chi connectivity index (χ0n) is 34.3. The van der Waals surface area contributed by atoms with Crippen molar-refractivity contribution in [2.24, 2.45) is 11.8 Å². The van der Waals surface area contributed by atoms with Crippen LogP contribution in [0.3, 0.4) is 0 Å². The molecule has 7 rings (SSSR count). The standard InChI is InChI=1S/C42H52N6O11S/c1-7-26-20-42(26,40(51)47-60(53,54)46-24(4)5)45-38(49)33-18-29(21-48(33)39(50)37(23(2)3)44-41(52)59-27-10-8-9-11-27)58-35-19-31(25-12-15-34-36(16-25)57-22-56-34)43-32-17-28(55-6)13-14-30(32)35/h7,12-17,19,23-24,26-27,29,33,37,46H,1,8-11,18,20-22H2,2-6H3,(H,44,52)(H,45,49)(H,47,51)/t26?,29-,33+,37+,42?/m1/s1. The largest absolute Gasteiger partial charge is 0.497 e. The van der Waals surface area contributed by atoms with Gasteiger partial charge in [0, 0.05) is 41.5 Å². The molecule has 2 aliphatic carbocycles. The number of carbonyl (C=O) groups is 4. The molecule has 0 bridgehead atoms. The molecule has 4 amide bonds. The SMILES string of the molecule is C=CC1CC1(NC(=O)[C@@H]1C[C@@H](Oc2cc(-c3ccc4c(c3)OCO4)nc3cc(OC)ccc23)CN1C(=O)[C@@H](NC(=O)OC1CCCC1)C(C)C)C(=O)NS(=O)(=O)NC(C)C. The number of benzene rings is 2. The normalized spacial score (nSPS) is 22.7. The lowest BCUT2D eigenvalue weighted by atomic mass is 10.0. The minimum Gasteiger partial charge on any atom is -0.497 e. The Balaban J connectivity index is 1.20. The van der Waals surface area contributed by atoms with E-state index in [1.54, 1.807) is 59.1 Å². The van der Waals surface area contributed by atoms with Gasteiger partial charge in [0.25, 0.3) is 5.91 Å². The fraction of sp³-hybridized carbons (Fsp3) is 0.500. The molecule has 4 N–H and O–H groups in total. The maximum atomic E-state index is 14.6. The first-order valence-electron chi connectivity index (χ1n) is 20.2. The molecule has 2 aromatic carbocycles. The zero-order valence-corrected chi connectivity index (χ0v) is 35.1. The van der Waals surface area contributed by atoms with Crippen LogP contribution in [0.15, 0.2) is 55.1 Å². The van der Waals surface area contributed by atoms with Crippen molar-refractivity contribution in [3.63, 3.8) is 0 Å². The molecule has 3 aromatic rings. The number of amides is 4. The number of ether oxygens (including phenoxy) is 5. The zero-order chi connectivity index (χ0) is 42.9. The van der Waals surface area contributed by atoms with Crippen LogP contribution in [0.1, 0.15) is 66.2 Å². The first-order valence-corrected chi connectivity index (χ1v) is 21.7. The van der Waals surface area contributed by atoms with Crippen LogP contribution in [0.2, 0.25) is 0 Å². The van der Waals surface area contributed by atoms with E-state index >= 15 is 0 Å². The highest BCUT2D eigenvalue weighted by Crippen LogP contribution is 2.45. The van der Waals surface area contributed by atoms with Crippen molar-refractivity contribution in [2.75, 3.05) is 20.4 Å². The van der Waals surface area contributed by atoms with Gasteiger partial charge in [0.15, 0.2) is 11.5 Å². The van der Waals surface area contributed by atoms with Crippen LogP contribution in [0.25, 0.3) is 22.2 Å². The number of pyridine rings is 1. The molecule has 60 heavy (non-hydrogen) atoms. The molecule has 2 aliphatic heterocycles. The topological polar surface area (TPSA) is 213 Å². The van der Waals surface area contributed by atoms with E-state index in [1.165, 1.54) is 11.0 Å². The van der Waals surface area contributed by atoms with Crippen LogP contribution in [-0.2, 0) is 29.3 Å². The van der Waals surface area contributed by atoms with Gasteiger partial charge in [-0.3, -0.25) is 14.4 Å². The lowest BCUT2D eigenvalue weighted by molar-refractivity contribution is -0.141. The molecule has 322 valence electrons. The summed E-state index contributed by atoms with van der Waals surface area (Å²) in [6, 6.07) is 9.81. The summed E-state index contributed by atoms with van der Waals surface area (Å²) in [4.78, 5) is 62.1. The van der Waals surface area contributed by atoms with Crippen molar-refractivity contribution in [3.05, 3.63) is 55.1 Å². The second-order valence-electron chi connectivity index (χ2n) is 16.3. The Morgan fingerprint density at radius 1 is 1.00 bits per heavy atom. The molecule has 1 saturated heterocycles. The van der Waals surface area contributed by atoms with Gasteiger partial charge >= 0.3 is 16.3 Å². The number of rotatable bonds is 15. The third-order valence-corrected chi connectivity index (χ3v) is 12.5. The van der Waals surface area contributed by atoms with Crippen molar-refractivity contribution in [1.29, 1.82) is 0 Å². The maximum Gasteiger partial charge on any atom is 0.408 e. The van der Waals surface area contributed by atoms with Crippen molar-refractivity contribution in [3.8, 4) is 34.3 Å². The summed E-state index contributed by atoms with van der Waals surface area (Å²) in [7, 11) is -2.71. The second-order valence-corrected chi connectivity index (χ2v) is 17.8. The number of hydrogen-bond donors (Lipinski definition) is 4. The van der Waals surface area contributed by atoms with Gasteiger partial charge in [0.2, 0.25) is 18.6 Å². The molecule has 4 aliphatic rings. The van der Waals surface area contributed by atoms with Crippen molar-refractivity contribution in [2.45, 2.75) is 102 Å². The quantitative estimate of drug-likeness (QED) is 0.159. The highest BCUT2D eigenvalue weighted by Gasteiger charge is 2.61. The lowest BCUT2D eigenvalue weighted by Crippen LogP contribution is -2.59. The summed E-state index contributed by atoms with van der Waals surface area (Å²) in [5.74, 6) is -1.03. The molecule has 3 fully saturated rings. The monoisotopic (exact) mass is 848 g/mol. The molecular weight excluding hydrogens is 797 g/mol. The Morgan fingerprint density at radius 2 is 1.75 bits per heavy atom. The first kappa shape index (κ1) is 42.5. The fourth-order valence-electron chi connectivity index (χ4n) is 8.06. The molecule has 0 radical (unpaired) electrons. The number of fused-ring (bicyclic) bond motifs is 2. The van der Waals surface area contributed by atoms with E-state index in [4.69, 9.17) is 28.7 Å². The average molecular weight is 849 g/mol. The van der Waals surface area contributed by atoms with Crippen LogP contribution in [0.4, 0.5) is 4.79 Å². The van der Waals surface area contributed by atoms with Gasteiger partial charge in [0.1, 0.15) is 41.3 Å². The number of aromatic nitrogens is 1. The van der Waals surface area contributed by atoms with Gasteiger partial charge in [-0.25, -0.2) is 14.5 Å². The number of alkyl carbamates (subject to hydrolysis) is 1. The van der Waals surface area contributed by atoms with E-state index in [0.717, 1.165) is 31.2 Å². The summed E-state index contributed by atoms with van der Waals surface area (Å²) in [5.41, 5.74) is 0.190. The summed E-state index contributed by atoms with van der Waals surface area (Å²) in [6.07, 6.45) is 3.18. The molecule has 17 nitrogen and oxygen atoms in total. The summed E-state index contributed by atoms with van der Waals surface area (Å²) >= 11 is 0. The van der Waals surface area contributed by atoms with Crippen molar-refractivity contribution < 1.29 is 51.3 Å². The Morgan fingerprint density at radius 3 is 2.43 bits per heavy atom. The minimum atomic E-state index is -4.27. The van der Waals surface area contributed by atoms with Gasteiger partial charge < -0.3 is 39.2 Å². The third-order valence-electron chi connectivity index (χ3n) is 11.2. The number of methoxy groups -OCH3 is 1. The predicted molar refractivity (Wildman–Crippen MR) is 219 cm³/mol. The number of nitrogens with one attached hydrogen (secondary N) is 4. The van der Waals surface area contributed by atoms with E-state index in [1.807, 2.05) is 22.9 Å². The molecular formula is C42H52N6O11S. The summed E-state index contributed by atoms with van der Waals surface area (Å²) < 4.78 is 58.8. The van der Waals surface area contributed by atoms with E-state index < -0.39 is 75.6 Å². The van der Waals surface area contributed by atoms with E-state index in [9.17, 15) is 27.6 Å². The first-order chi connectivity index (χ1) is 28.6. The molecule has 3 heterocycles. The lowest BCUT2D eigenvalue weighted by Gasteiger charge is -2.31. The Hall–Kier alpha value is -5.62. The smallest absolute Gasteiger partial charge is 0.408 e. The van der Waals surface area contributed by atoms with Crippen molar-refractivity contribution >= 4 is 44.9 Å². The summed E-state index contributed by atoms with van der Waals surface area (Å²) in [5, 5.41) is 6.17. The predicted octanol–water partition coefficient (Wildman–Crippen LogP) is 4.10. The Kier molecular flexibility index (Phi) is 12.2. The van der Waals surface area contributed by atoms with Crippen LogP contribution in [-0.4, -0.2) is 98.4 Å². The van der Waals surface area contributed by atoms with Crippen molar-refractivity contribution in [1.82, 2.24) is 30.0 Å². The van der Waals surface area contributed by atoms with Crippen LogP contribution >= 0.6 is 0 Å². The molecule has 2 saturated carbocycles. The van der Waals surface area contributed by atoms with Gasteiger partial charge in [-0.1, -0.05) is 19.9 Å². The molecule has 1 aromatic heterocycles. The van der Waals surface area contributed by atoms with Crippen LogP contribution in [0, 0.1) is 11.8 Å². The number of nitrogens with zero attached hydrogens (tertiary/aromatic N) is 2. The van der Waals surface area contributed by atoms with E-state index in [-0.39, 0.29) is 32.3 Å². The number of hydrogen-bond acceptors (Lipinski definition) is 12. The van der Waals surface area contributed by atoms with Gasteiger partial charge in [-0.2, -0.15) is 13.1 Å². The average Bonchev–Trinajstić information content (AvgIpc) is 3.62. The van der Waals surface area contributed by atoms with E-state index in [2.05, 4.69) is 21.9 Å². The van der Waals surface area contributed by atoms with Gasteiger partial charge in [0.05, 0.1) is 24.9 Å². The molecule has 2 unspecified atom stereocenters. The van der Waals surface area contributed by atoms with E-state index in [0.29, 0.717) is 39.6 Å². The maximum absolute atomic E-state index is 14.6. The number of carbonyl (C=O) groups excluding carboxylic acids is 4. The highest BCUT2D eigenvalue weighted by atomic mass is 32.2. The number of likely N-dealkylation sites (tertiary alicyclic amines) is 1. The minimum absolute atomic E-state index is 0.0160. The molecule has 0 spiro atoms. The highest BCUT2D eigenvalue weighted by molar-refractivity contribution is 7.88. The van der Waals surface area contributed by atoms with Crippen LogP contribution < -0.4 is 39.0 Å². The van der Waals surface area contributed by atoms with Gasteiger partial charge in [-0.15, -0.1) is 6.58 Å². The Labute approximate surface area is 349 Å². The third kappa shape index (κ3) is 9.08. The van der Waals surface area contributed by atoms with Crippen LogP contribution in [0.5, 0.6) is 23.0 Å². The molecule has 5 atom stereocenters. The molecule has 18 heteroatoms. The summed E-state index contributed by atoms with van der Waals surface area (Å²) in [6.45, 7) is 10.6. The second kappa shape index (κ2) is 17.2. The Bertz CT molecular complexity index is 2280.